The van der Waals surface area contributed by atoms with E-state index in [9.17, 15) is 14.4 Å². The van der Waals surface area contributed by atoms with Crippen LogP contribution in [0.5, 0.6) is 0 Å². The minimum Gasteiger partial charge on any atom is -0.451 e. The lowest BCUT2D eigenvalue weighted by Crippen LogP contribution is -2.44. The van der Waals surface area contributed by atoms with Crippen molar-refractivity contribution in [3.8, 4) is 0 Å². The molecule has 0 radical (unpaired) electrons. The second kappa shape index (κ2) is 6.45. The molecule has 0 spiro atoms. The summed E-state index contributed by atoms with van der Waals surface area (Å²) in [6.07, 6.45) is 2.72. The summed E-state index contributed by atoms with van der Waals surface area (Å²) in [4.78, 5) is 45.0. The predicted octanol–water partition coefficient (Wildman–Crippen LogP) is 0.927. The number of anilines is 2. The summed E-state index contributed by atoms with van der Waals surface area (Å²) in [6.45, 7) is 1.12. The maximum Gasteiger partial charge on any atom is 0.359 e. The van der Waals surface area contributed by atoms with Crippen LogP contribution in [0.4, 0.5) is 11.4 Å². The van der Waals surface area contributed by atoms with Crippen LogP contribution in [0.3, 0.4) is 0 Å². The van der Waals surface area contributed by atoms with E-state index >= 15 is 0 Å². The molecule has 122 valence electrons. The molecular weight excluding hydrogens is 312 g/mol. The Morgan fingerprint density at radius 3 is 2.79 bits per heavy atom. The van der Waals surface area contributed by atoms with E-state index in [1.165, 1.54) is 17.3 Å². The molecule has 1 aromatic heterocycles. The molecule has 2 heterocycles. The number of esters is 1. The van der Waals surface area contributed by atoms with Gasteiger partial charge in [-0.1, -0.05) is 12.1 Å². The zero-order valence-corrected chi connectivity index (χ0v) is 12.9. The largest absolute Gasteiger partial charge is 0.451 e. The molecule has 8 heteroatoms. The number of carbonyl (C=O) groups is 3. The molecule has 0 saturated carbocycles. The number of rotatable bonds is 3. The average molecular weight is 326 g/mol. The molecule has 1 N–H and O–H groups in total. The van der Waals surface area contributed by atoms with Crippen molar-refractivity contribution < 1.29 is 19.1 Å². The lowest BCUT2D eigenvalue weighted by atomic mass is 10.2. The van der Waals surface area contributed by atoms with Gasteiger partial charge in [0.15, 0.2) is 12.3 Å². The minimum atomic E-state index is -0.745. The number of aryl methyl sites for hydroxylation is 1. The van der Waals surface area contributed by atoms with Crippen LogP contribution < -0.4 is 10.2 Å². The molecule has 8 nitrogen and oxygen atoms in total. The second-order valence-electron chi connectivity index (χ2n) is 5.16. The number of benzene rings is 1. The first kappa shape index (κ1) is 15.6. The third kappa shape index (κ3) is 3.22. The molecule has 0 aliphatic carbocycles. The maximum atomic E-state index is 12.3. The first-order chi connectivity index (χ1) is 11.5. The highest BCUT2D eigenvalue weighted by Gasteiger charge is 2.27. The van der Waals surface area contributed by atoms with E-state index < -0.39 is 18.5 Å². The van der Waals surface area contributed by atoms with Gasteiger partial charge in [-0.3, -0.25) is 19.5 Å². The van der Waals surface area contributed by atoms with E-state index in [2.05, 4.69) is 15.3 Å². The minimum absolute atomic E-state index is 0.0187. The molecule has 0 unspecified atom stereocenters. The van der Waals surface area contributed by atoms with Crippen molar-refractivity contribution in [3.05, 3.63) is 48.0 Å². The highest BCUT2D eigenvalue weighted by Crippen LogP contribution is 2.28. The van der Waals surface area contributed by atoms with Crippen molar-refractivity contribution in [2.75, 3.05) is 23.4 Å². The van der Waals surface area contributed by atoms with Gasteiger partial charge in [0, 0.05) is 6.20 Å². The number of hydrogen-bond donors (Lipinski definition) is 1. The van der Waals surface area contributed by atoms with Crippen LogP contribution in [0, 0.1) is 6.92 Å². The van der Waals surface area contributed by atoms with Gasteiger partial charge in [-0.2, -0.15) is 0 Å². The summed E-state index contributed by atoms with van der Waals surface area (Å²) >= 11 is 0. The molecule has 3 rings (SSSR count). The fourth-order valence-electron chi connectivity index (χ4n) is 2.23. The zero-order valence-electron chi connectivity index (χ0n) is 12.9. The van der Waals surface area contributed by atoms with Crippen LogP contribution in [-0.2, 0) is 14.3 Å². The van der Waals surface area contributed by atoms with Crippen LogP contribution in [0.2, 0.25) is 0 Å². The Morgan fingerprint density at radius 2 is 2.04 bits per heavy atom. The van der Waals surface area contributed by atoms with Gasteiger partial charge in [0.25, 0.3) is 5.91 Å². The molecule has 0 saturated heterocycles. The summed E-state index contributed by atoms with van der Waals surface area (Å²) < 4.78 is 4.97. The van der Waals surface area contributed by atoms with Gasteiger partial charge in [-0.25, -0.2) is 9.78 Å². The van der Waals surface area contributed by atoms with Gasteiger partial charge in [0.2, 0.25) is 5.91 Å². The van der Waals surface area contributed by atoms with Gasteiger partial charge in [-0.15, -0.1) is 0 Å². The fourth-order valence-corrected chi connectivity index (χ4v) is 2.23. The van der Waals surface area contributed by atoms with Gasteiger partial charge in [0.05, 0.1) is 23.3 Å². The lowest BCUT2D eigenvalue weighted by Gasteiger charge is -2.28. The molecule has 1 aromatic carbocycles. The molecule has 2 aromatic rings. The average Bonchev–Trinajstić information content (AvgIpc) is 2.59. The monoisotopic (exact) mass is 326 g/mol. The van der Waals surface area contributed by atoms with E-state index in [-0.39, 0.29) is 18.1 Å². The van der Waals surface area contributed by atoms with Crippen molar-refractivity contribution in [1.82, 2.24) is 9.97 Å². The zero-order chi connectivity index (χ0) is 17.1. The first-order valence-corrected chi connectivity index (χ1v) is 7.19. The maximum absolute atomic E-state index is 12.3. The Kier molecular flexibility index (Phi) is 4.19. The van der Waals surface area contributed by atoms with Crippen molar-refractivity contribution in [1.29, 1.82) is 0 Å². The van der Waals surface area contributed by atoms with Gasteiger partial charge >= 0.3 is 5.97 Å². The van der Waals surface area contributed by atoms with E-state index in [4.69, 9.17) is 4.74 Å². The van der Waals surface area contributed by atoms with E-state index in [1.54, 1.807) is 31.2 Å². The number of nitrogens with zero attached hydrogens (tertiary/aromatic N) is 3. The third-order valence-electron chi connectivity index (χ3n) is 3.39. The standard InChI is InChI=1S/C16H14N4O4/c1-10-6-18-12(7-17-10)16(23)24-9-15(22)20-8-14(21)19-11-4-2-3-5-13(11)20/h2-7H,8-9H2,1H3,(H,19,21). The third-order valence-corrected chi connectivity index (χ3v) is 3.39. The molecule has 0 atom stereocenters. The summed E-state index contributed by atoms with van der Waals surface area (Å²) in [5, 5.41) is 2.68. The Bertz CT molecular complexity index is 804. The van der Waals surface area contributed by atoms with Crippen LogP contribution in [0.1, 0.15) is 16.2 Å². The lowest BCUT2D eigenvalue weighted by molar-refractivity contribution is -0.124. The van der Waals surface area contributed by atoms with Crippen molar-refractivity contribution in [2.24, 2.45) is 0 Å². The molecular formula is C16H14N4O4. The van der Waals surface area contributed by atoms with E-state index in [0.717, 1.165) is 0 Å². The number of hydrogen-bond acceptors (Lipinski definition) is 6. The Hall–Kier alpha value is -3.29. The van der Waals surface area contributed by atoms with E-state index in [0.29, 0.717) is 17.1 Å². The topological polar surface area (TPSA) is 101 Å². The molecule has 0 fully saturated rings. The summed E-state index contributed by atoms with van der Waals surface area (Å²) in [5.74, 6) is -1.55. The number of ether oxygens (including phenoxy) is 1. The van der Waals surface area contributed by atoms with Gasteiger partial charge < -0.3 is 10.1 Å². The molecule has 0 bridgehead atoms. The SMILES string of the molecule is Cc1cnc(C(=O)OCC(=O)N2CC(=O)Nc3ccccc32)cn1. The highest BCUT2D eigenvalue weighted by molar-refractivity contribution is 6.10. The van der Waals surface area contributed by atoms with E-state index in [1.807, 2.05) is 0 Å². The van der Waals surface area contributed by atoms with Crippen LogP contribution in [0.25, 0.3) is 0 Å². The Morgan fingerprint density at radius 1 is 1.25 bits per heavy atom. The Labute approximate surface area is 137 Å². The number of amides is 2. The molecule has 24 heavy (non-hydrogen) atoms. The van der Waals surface area contributed by atoms with Crippen LogP contribution in [0.15, 0.2) is 36.7 Å². The number of para-hydroxylation sites is 2. The quantitative estimate of drug-likeness (QED) is 0.842. The number of fused-ring (bicyclic) bond motifs is 1. The highest BCUT2D eigenvalue weighted by atomic mass is 16.5. The Balaban J connectivity index is 1.68. The first-order valence-electron chi connectivity index (χ1n) is 7.19. The number of aromatic nitrogens is 2. The number of nitrogens with one attached hydrogen (secondary N) is 1. The molecule has 2 amide bonds. The van der Waals surface area contributed by atoms with Gasteiger partial charge in [-0.05, 0) is 19.1 Å². The summed E-state index contributed by atoms with van der Waals surface area (Å²) in [6, 6.07) is 6.91. The second-order valence-corrected chi connectivity index (χ2v) is 5.16. The predicted molar refractivity (Wildman–Crippen MR) is 84.5 cm³/mol. The normalized spacial score (nSPS) is 13.0. The summed E-state index contributed by atoms with van der Waals surface area (Å²) in [5.41, 5.74) is 1.79. The smallest absolute Gasteiger partial charge is 0.359 e. The van der Waals surface area contributed by atoms with Crippen LogP contribution >= 0.6 is 0 Å². The van der Waals surface area contributed by atoms with Crippen molar-refractivity contribution in [2.45, 2.75) is 6.92 Å². The molecule has 1 aliphatic heterocycles. The molecule has 1 aliphatic rings. The summed E-state index contributed by atoms with van der Waals surface area (Å²) in [7, 11) is 0. The van der Waals surface area contributed by atoms with Crippen LogP contribution in [-0.4, -0.2) is 40.9 Å². The number of carbonyl (C=O) groups excluding carboxylic acids is 3. The van der Waals surface area contributed by atoms with Gasteiger partial charge in [0.1, 0.15) is 6.54 Å². The van der Waals surface area contributed by atoms with Crippen molar-refractivity contribution >= 4 is 29.2 Å². The van der Waals surface area contributed by atoms with Crippen molar-refractivity contribution in [3.63, 3.8) is 0 Å². The fraction of sp³-hybridized carbons (Fsp3) is 0.188.